The number of methoxy groups -OCH3 is 1. The van der Waals surface area contributed by atoms with E-state index in [0.717, 1.165) is 16.9 Å². The third kappa shape index (κ3) is 5.85. The van der Waals surface area contributed by atoms with Gasteiger partial charge in [0.05, 0.1) is 31.6 Å². The highest BCUT2D eigenvalue weighted by molar-refractivity contribution is 5.91. The summed E-state index contributed by atoms with van der Waals surface area (Å²) < 4.78 is 12.0. The maximum absolute atomic E-state index is 12.2. The first-order chi connectivity index (χ1) is 15.0. The van der Waals surface area contributed by atoms with E-state index in [2.05, 4.69) is 15.7 Å². The monoisotopic (exact) mass is 422 g/mol. The Morgan fingerprint density at radius 1 is 1.10 bits per heavy atom. The number of amides is 2. The summed E-state index contributed by atoms with van der Waals surface area (Å²) in [6.45, 7) is 4.93. The molecule has 8 nitrogen and oxygen atoms in total. The summed E-state index contributed by atoms with van der Waals surface area (Å²) in [5.41, 5.74) is 2.87. The predicted molar refractivity (Wildman–Crippen MR) is 120 cm³/mol. The molecule has 0 spiro atoms. The highest BCUT2D eigenvalue weighted by Crippen LogP contribution is 2.25. The Kier molecular flexibility index (Phi) is 7.26. The number of hydrogen-bond acceptors (Lipinski definition) is 5. The molecule has 1 aromatic heterocycles. The van der Waals surface area contributed by atoms with Crippen molar-refractivity contribution in [2.45, 2.75) is 20.4 Å². The minimum Gasteiger partial charge on any atom is -0.495 e. The Morgan fingerprint density at radius 3 is 2.58 bits per heavy atom. The molecule has 0 aliphatic rings. The molecule has 0 atom stereocenters. The minimum absolute atomic E-state index is 0.236. The van der Waals surface area contributed by atoms with Crippen molar-refractivity contribution in [2.24, 2.45) is 0 Å². The van der Waals surface area contributed by atoms with E-state index >= 15 is 0 Å². The zero-order chi connectivity index (χ0) is 22.2. The SMILES string of the molecule is CCOc1ccc(-c2ccc(=O)n(CCNC(=O)Nc3cc(C)ccc3OC)n2)cc1. The second-order valence-corrected chi connectivity index (χ2v) is 6.82. The smallest absolute Gasteiger partial charge is 0.319 e. The topological polar surface area (TPSA) is 94.5 Å². The molecular weight excluding hydrogens is 396 g/mol. The van der Waals surface area contributed by atoms with E-state index in [1.807, 2.05) is 50.2 Å². The van der Waals surface area contributed by atoms with Crippen molar-refractivity contribution in [3.63, 3.8) is 0 Å². The molecule has 2 aromatic carbocycles. The van der Waals surface area contributed by atoms with Gasteiger partial charge in [-0.05, 0) is 61.9 Å². The van der Waals surface area contributed by atoms with E-state index in [4.69, 9.17) is 9.47 Å². The first-order valence-electron chi connectivity index (χ1n) is 10.0. The van der Waals surface area contributed by atoms with Gasteiger partial charge >= 0.3 is 6.03 Å². The normalized spacial score (nSPS) is 10.4. The Morgan fingerprint density at radius 2 is 1.87 bits per heavy atom. The fraction of sp³-hybridized carbons (Fsp3) is 0.261. The second kappa shape index (κ2) is 10.3. The highest BCUT2D eigenvalue weighted by atomic mass is 16.5. The average Bonchev–Trinajstić information content (AvgIpc) is 2.76. The Bertz CT molecular complexity index is 1090. The van der Waals surface area contributed by atoms with Crippen molar-refractivity contribution in [2.75, 3.05) is 25.6 Å². The number of benzene rings is 2. The van der Waals surface area contributed by atoms with Crippen molar-refractivity contribution < 1.29 is 14.3 Å². The lowest BCUT2D eigenvalue weighted by molar-refractivity contribution is 0.251. The van der Waals surface area contributed by atoms with Crippen LogP contribution in [0.2, 0.25) is 0 Å². The molecule has 2 amide bonds. The first kappa shape index (κ1) is 21.9. The number of aryl methyl sites for hydroxylation is 1. The molecule has 31 heavy (non-hydrogen) atoms. The van der Waals surface area contributed by atoms with Crippen molar-refractivity contribution >= 4 is 11.7 Å². The minimum atomic E-state index is -0.389. The summed E-state index contributed by atoms with van der Waals surface area (Å²) in [5, 5.41) is 9.91. The van der Waals surface area contributed by atoms with Crippen LogP contribution in [0.1, 0.15) is 12.5 Å². The van der Waals surface area contributed by atoms with Gasteiger partial charge in [-0.3, -0.25) is 4.79 Å². The molecule has 3 aromatic rings. The van der Waals surface area contributed by atoms with Crippen LogP contribution in [0.25, 0.3) is 11.3 Å². The molecule has 0 saturated heterocycles. The summed E-state index contributed by atoms with van der Waals surface area (Å²) in [6.07, 6.45) is 0. The number of carbonyl (C=O) groups is 1. The largest absolute Gasteiger partial charge is 0.495 e. The number of urea groups is 1. The molecular formula is C23H26N4O4. The molecule has 0 saturated carbocycles. The summed E-state index contributed by atoms with van der Waals surface area (Å²) in [7, 11) is 1.54. The zero-order valence-corrected chi connectivity index (χ0v) is 17.8. The van der Waals surface area contributed by atoms with E-state index in [9.17, 15) is 9.59 Å². The molecule has 8 heteroatoms. The van der Waals surface area contributed by atoms with Gasteiger partial charge in [-0.15, -0.1) is 0 Å². The molecule has 0 unspecified atom stereocenters. The lowest BCUT2D eigenvalue weighted by atomic mass is 10.1. The van der Waals surface area contributed by atoms with Crippen molar-refractivity contribution in [3.05, 3.63) is 70.5 Å². The zero-order valence-electron chi connectivity index (χ0n) is 17.8. The van der Waals surface area contributed by atoms with E-state index in [-0.39, 0.29) is 24.7 Å². The standard InChI is InChI=1S/C23H26N4O4/c1-4-31-18-8-6-17(7-9-18)19-10-12-22(28)27(26-19)14-13-24-23(29)25-20-15-16(2)5-11-21(20)30-3/h5-12,15H,4,13-14H2,1-3H3,(H2,24,25,29). The van der Waals surface area contributed by atoms with Crippen LogP contribution in [-0.4, -0.2) is 36.1 Å². The van der Waals surface area contributed by atoms with Gasteiger partial charge in [-0.25, -0.2) is 9.48 Å². The highest BCUT2D eigenvalue weighted by Gasteiger charge is 2.08. The van der Waals surface area contributed by atoms with E-state index < -0.39 is 0 Å². The van der Waals surface area contributed by atoms with Crippen LogP contribution >= 0.6 is 0 Å². The fourth-order valence-electron chi connectivity index (χ4n) is 3.01. The number of aromatic nitrogens is 2. The number of nitrogens with zero attached hydrogens (tertiary/aromatic N) is 2. The Balaban J connectivity index is 1.61. The summed E-state index contributed by atoms with van der Waals surface area (Å²) in [4.78, 5) is 24.4. The quantitative estimate of drug-likeness (QED) is 0.580. The van der Waals surface area contributed by atoms with E-state index in [1.165, 1.54) is 10.7 Å². The molecule has 0 bridgehead atoms. The summed E-state index contributed by atoms with van der Waals surface area (Å²) in [5.74, 6) is 1.35. The number of ether oxygens (including phenoxy) is 2. The summed E-state index contributed by atoms with van der Waals surface area (Å²) >= 11 is 0. The van der Waals surface area contributed by atoms with Gasteiger partial charge in [0.1, 0.15) is 11.5 Å². The molecule has 162 valence electrons. The van der Waals surface area contributed by atoms with Gasteiger partial charge in [0.15, 0.2) is 0 Å². The van der Waals surface area contributed by atoms with Crippen LogP contribution in [0.5, 0.6) is 11.5 Å². The molecule has 3 rings (SSSR count). The van der Waals surface area contributed by atoms with Crippen molar-refractivity contribution in [3.8, 4) is 22.8 Å². The third-order valence-electron chi connectivity index (χ3n) is 4.54. The van der Waals surface area contributed by atoms with Crippen LogP contribution in [-0.2, 0) is 6.54 Å². The lowest BCUT2D eigenvalue weighted by Crippen LogP contribution is -2.34. The van der Waals surface area contributed by atoms with Crippen molar-refractivity contribution in [1.29, 1.82) is 0 Å². The summed E-state index contributed by atoms with van der Waals surface area (Å²) in [6, 6.07) is 15.8. The maximum atomic E-state index is 12.2. The number of hydrogen-bond donors (Lipinski definition) is 2. The first-order valence-corrected chi connectivity index (χ1v) is 10.0. The molecule has 0 aliphatic heterocycles. The van der Waals surface area contributed by atoms with Gasteiger partial charge in [0, 0.05) is 18.2 Å². The van der Waals surface area contributed by atoms with E-state index in [1.54, 1.807) is 19.2 Å². The van der Waals surface area contributed by atoms with Gasteiger partial charge in [0.25, 0.3) is 5.56 Å². The Labute approximate surface area is 180 Å². The van der Waals surface area contributed by atoms with Gasteiger partial charge < -0.3 is 20.1 Å². The number of rotatable bonds is 8. The predicted octanol–water partition coefficient (Wildman–Crippen LogP) is 3.45. The van der Waals surface area contributed by atoms with Crippen molar-refractivity contribution in [1.82, 2.24) is 15.1 Å². The molecule has 1 heterocycles. The molecule has 0 fully saturated rings. The lowest BCUT2D eigenvalue weighted by Gasteiger charge is -2.12. The van der Waals surface area contributed by atoms with Crippen LogP contribution in [0.15, 0.2) is 59.4 Å². The van der Waals surface area contributed by atoms with E-state index in [0.29, 0.717) is 23.7 Å². The van der Waals surface area contributed by atoms with Crippen LogP contribution in [0, 0.1) is 6.92 Å². The van der Waals surface area contributed by atoms with Gasteiger partial charge in [-0.2, -0.15) is 5.10 Å². The molecule has 2 N–H and O–H groups in total. The van der Waals surface area contributed by atoms with Gasteiger partial charge in [-0.1, -0.05) is 6.07 Å². The third-order valence-corrected chi connectivity index (χ3v) is 4.54. The number of carbonyl (C=O) groups excluding carboxylic acids is 1. The number of anilines is 1. The number of nitrogens with one attached hydrogen (secondary N) is 2. The van der Waals surface area contributed by atoms with Crippen LogP contribution in [0.3, 0.4) is 0 Å². The van der Waals surface area contributed by atoms with Gasteiger partial charge in [0.2, 0.25) is 0 Å². The van der Waals surface area contributed by atoms with Crippen LogP contribution in [0.4, 0.5) is 10.5 Å². The Hall–Kier alpha value is -3.81. The molecule has 0 radical (unpaired) electrons. The van der Waals surface area contributed by atoms with Crippen LogP contribution < -0.4 is 25.7 Å². The molecule has 0 aliphatic carbocycles. The maximum Gasteiger partial charge on any atom is 0.319 e. The fourth-order valence-corrected chi connectivity index (χ4v) is 3.01. The second-order valence-electron chi connectivity index (χ2n) is 6.82. The average molecular weight is 422 g/mol.